The van der Waals surface area contributed by atoms with Gasteiger partial charge in [-0.05, 0) is 24.7 Å². The maximum atomic E-state index is 11.7. The summed E-state index contributed by atoms with van der Waals surface area (Å²) in [7, 11) is 0. The quantitative estimate of drug-likeness (QED) is 0.681. The van der Waals surface area contributed by atoms with E-state index in [4.69, 9.17) is 9.84 Å². The molecule has 1 atom stereocenters. The Morgan fingerprint density at radius 1 is 1.37 bits per heavy atom. The van der Waals surface area contributed by atoms with Gasteiger partial charge in [-0.2, -0.15) is 0 Å². The first kappa shape index (κ1) is 15.8. The Labute approximate surface area is 113 Å². The van der Waals surface area contributed by atoms with Crippen molar-refractivity contribution in [3.63, 3.8) is 0 Å². The lowest BCUT2D eigenvalue weighted by atomic mass is 9.82. The molecule has 0 aromatic carbocycles. The molecule has 1 heterocycles. The van der Waals surface area contributed by atoms with Crippen molar-refractivity contribution >= 4 is 12.0 Å². The van der Waals surface area contributed by atoms with Gasteiger partial charge in [0, 0.05) is 25.8 Å². The van der Waals surface area contributed by atoms with Gasteiger partial charge in [-0.25, -0.2) is 4.79 Å². The van der Waals surface area contributed by atoms with Crippen molar-refractivity contribution in [1.29, 1.82) is 0 Å². The van der Waals surface area contributed by atoms with Crippen molar-refractivity contribution < 1.29 is 19.4 Å². The van der Waals surface area contributed by atoms with E-state index in [2.05, 4.69) is 17.6 Å². The third-order valence-corrected chi connectivity index (χ3v) is 3.62. The maximum absolute atomic E-state index is 11.7. The van der Waals surface area contributed by atoms with Crippen LogP contribution in [0.5, 0.6) is 0 Å². The lowest BCUT2D eigenvalue weighted by molar-refractivity contribution is -0.137. The standard InChI is InChI=1S/C13H24N2O4/c1-3-10(8-11(16)17)15-12(18)14-9-13(2)4-6-19-7-5-13/h10H,3-9H2,1-2H3,(H,16,17)(H2,14,15,18). The van der Waals surface area contributed by atoms with Crippen molar-refractivity contribution in [2.45, 2.75) is 45.6 Å². The van der Waals surface area contributed by atoms with Crippen LogP contribution in [0.2, 0.25) is 0 Å². The van der Waals surface area contributed by atoms with Crippen LogP contribution in [0.25, 0.3) is 0 Å². The van der Waals surface area contributed by atoms with Crippen LogP contribution in [0.4, 0.5) is 4.79 Å². The summed E-state index contributed by atoms with van der Waals surface area (Å²) < 4.78 is 5.30. The van der Waals surface area contributed by atoms with Gasteiger partial charge in [0.05, 0.1) is 6.42 Å². The van der Waals surface area contributed by atoms with Gasteiger partial charge in [0.15, 0.2) is 0 Å². The van der Waals surface area contributed by atoms with Crippen LogP contribution in [0.1, 0.15) is 39.5 Å². The SMILES string of the molecule is CCC(CC(=O)O)NC(=O)NCC1(C)CCOCC1. The minimum Gasteiger partial charge on any atom is -0.481 e. The van der Waals surface area contributed by atoms with Crippen LogP contribution in [0.3, 0.4) is 0 Å². The zero-order chi connectivity index (χ0) is 14.3. The van der Waals surface area contributed by atoms with Crippen molar-refractivity contribution in [3.8, 4) is 0 Å². The van der Waals surface area contributed by atoms with Gasteiger partial charge < -0.3 is 20.5 Å². The smallest absolute Gasteiger partial charge is 0.315 e. The summed E-state index contributed by atoms with van der Waals surface area (Å²) in [6, 6.07) is -0.610. The van der Waals surface area contributed by atoms with Crippen molar-refractivity contribution in [2.75, 3.05) is 19.8 Å². The van der Waals surface area contributed by atoms with Crippen LogP contribution in [-0.2, 0) is 9.53 Å². The molecule has 2 amide bonds. The molecule has 1 saturated heterocycles. The van der Waals surface area contributed by atoms with E-state index in [1.807, 2.05) is 6.92 Å². The van der Waals surface area contributed by atoms with Gasteiger partial charge in [-0.15, -0.1) is 0 Å². The van der Waals surface area contributed by atoms with E-state index in [1.54, 1.807) is 0 Å². The van der Waals surface area contributed by atoms with E-state index < -0.39 is 5.97 Å². The summed E-state index contributed by atoms with van der Waals surface area (Å²) in [6.45, 7) is 6.04. The number of hydrogen-bond donors (Lipinski definition) is 3. The predicted molar refractivity (Wildman–Crippen MR) is 71.0 cm³/mol. The first-order valence-corrected chi connectivity index (χ1v) is 6.79. The number of urea groups is 1. The van der Waals surface area contributed by atoms with Crippen LogP contribution < -0.4 is 10.6 Å². The Bertz CT molecular complexity index is 314. The Hall–Kier alpha value is -1.30. The fourth-order valence-electron chi connectivity index (χ4n) is 2.08. The average molecular weight is 272 g/mol. The number of amides is 2. The molecule has 0 aliphatic carbocycles. The largest absolute Gasteiger partial charge is 0.481 e. The molecule has 0 bridgehead atoms. The molecule has 1 aliphatic rings. The Balaban J connectivity index is 2.31. The van der Waals surface area contributed by atoms with Gasteiger partial charge in [0.1, 0.15) is 0 Å². The van der Waals surface area contributed by atoms with E-state index in [0.29, 0.717) is 13.0 Å². The maximum Gasteiger partial charge on any atom is 0.315 e. The third-order valence-electron chi connectivity index (χ3n) is 3.62. The van der Waals surface area contributed by atoms with E-state index >= 15 is 0 Å². The number of rotatable bonds is 6. The first-order valence-electron chi connectivity index (χ1n) is 6.79. The molecule has 0 spiro atoms. The molecular formula is C13H24N2O4. The highest BCUT2D eigenvalue weighted by Gasteiger charge is 2.28. The number of carboxylic acids is 1. The van der Waals surface area contributed by atoms with Gasteiger partial charge in [-0.3, -0.25) is 4.79 Å². The van der Waals surface area contributed by atoms with Crippen LogP contribution in [0, 0.1) is 5.41 Å². The molecule has 3 N–H and O–H groups in total. The summed E-state index contributed by atoms with van der Waals surface area (Å²) in [6.07, 6.45) is 2.42. The minimum absolute atomic E-state index is 0.0466. The summed E-state index contributed by atoms with van der Waals surface area (Å²) in [5.41, 5.74) is 0.0735. The zero-order valence-electron chi connectivity index (χ0n) is 11.7. The second kappa shape index (κ2) is 7.33. The molecule has 1 rings (SSSR count). The highest BCUT2D eigenvalue weighted by Crippen LogP contribution is 2.28. The summed E-state index contributed by atoms with van der Waals surface area (Å²) in [4.78, 5) is 22.4. The summed E-state index contributed by atoms with van der Waals surface area (Å²) in [5.74, 6) is -0.899. The van der Waals surface area contributed by atoms with Gasteiger partial charge in [0.25, 0.3) is 0 Å². The predicted octanol–water partition coefficient (Wildman–Crippen LogP) is 1.36. The van der Waals surface area contributed by atoms with Crippen molar-refractivity contribution in [3.05, 3.63) is 0 Å². The normalized spacial score (nSPS) is 19.5. The molecule has 1 aliphatic heterocycles. The van der Waals surface area contributed by atoms with E-state index in [0.717, 1.165) is 26.1 Å². The van der Waals surface area contributed by atoms with Gasteiger partial charge in [0.2, 0.25) is 0 Å². The molecule has 19 heavy (non-hydrogen) atoms. The number of carbonyl (C=O) groups excluding carboxylic acids is 1. The second-order valence-corrected chi connectivity index (χ2v) is 5.45. The Kier molecular flexibility index (Phi) is 6.08. The summed E-state index contributed by atoms with van der Waals surface area (Å²) in [5, 5.41) is 14.2. The fraction of sp³-hybridized carbons (Fsp3) is 0.846. The number of carboxylic acid groups (broad SMARTS) is 1. The molecule has 6 heteroatoms. The van der Waals surface area contributed by atoms with E-state index in [-0.39, 0.29) is 23.9 Å². The zero-order valence-corrected chi connectivity index (χ0v) is 11.7. The van der Waals surface area contributed by atoms with Crippen molar-refractivity contribution in [1.82, 2.24) is 10.6 Å². The first-order chi connectivity index (χ1) is 8.95. The molecule has 0 radical (unpaired) electrons. The van der Waals surface area contributed by atoms with Gasteiger partial charge in [-0.1, -0.05) is 13.8 Å². The lowest BCUT2D eigenvalue weighted by Crippen LogP contribution is -2.47. The second-order valence-electron chi connectivity index (χ2n) is 5.45. The molecule has 1 unspecified atom stereocenters. The topological polar surface area (TPSA) is 87.7 Å². The highest BCUT2D eigenvalue weighted by molar-refractivity contribution is 5.75. The number of ether oxygens (including phenoxy) is 1. The molecule has 6 nitrogen and oxygen atoms in total. The Morgan fingerprint density at radius 3 is 2.53 bits per heavy atom. The molecule has 1 fully saturated rings. The van der Waals surface area contributed by atoms with Crippen molar-refractivity contribution in [2.24, 2.45) is 5.41 Å². The Morgan fingerprint density at radius 2 is 2.00 bits per heavy atom. The molecule has 0 aromatic rings. The van der Waals surface area contributed by atoms with E-state index in [9.17, 15) is 9.59 Å². The fourth-order valence-corrected chi connectivity index (χ4v) is 2.08. The number of nitrogens with one attached hydrogen (secondary N) is 2. The minimum atomic E-state index is -0.899. The lowest BCUT2D eigenvalue weighted by Gasteiger charge is -2.33. The third kappa shape index (κ3) is 5.92. The van der Waals surface area contributed by atoms with Gasteiger partial charge >= 0.3 is 12.0 Å². The average Bonchev–Trinajstić information content (AvgIpc) is 2.36. The van der Waals surface area contributed by atoms with Crippen LogP contribution in [-0.4, -0.2) is 42.9 Å². The number of hydrogen-bond acceptors (Lipinski definition) is 3. The molecule has 0 saturated carbocycles. The van der Waals surface area contributed by atoms with Crippen LogP contribution >= 0.6 is 0 Å². The van der Waals surface area contributed by atoms with Crippen LogP contribution in [0.15, 0.2) is 0 Å². The summed E-state index contributed by atoms with van der Waals surface area (Å²) >= 11 is 0. The number of aliphatic carboxylic acids is 1. The monoisotopic (exact) mass is 272 g/mol. The van der Waals surface area contributed by atoms with E-state index in [1.165, 1.54) is 0 Å². The highest BCUT2D eigenvalue weighted by atomic mass is 16.5. The molecular weight excluding hydrogens is 248 g/mol. The molecule has 110 valence electrons. The number of carbonyl (C=O) groups is 2. The molecule has 0 aromatic heterocycles.